The average Bonchev–Trinajstić information content (AvgIpc) is 2.96. The number of ether oxygens (including phenoxy) is 1. The van der Waals surface area contributed by atoms with E-state index in [0.29, 0.717) is 29.6 Å². The van der Waals surface area contributed by atoms with Crippen molar-refractivity contribution in [2.75, 3.05) is 19.0 Å². The van der Waals surface area contributed by atoms with E-state index in [-0.39, 0.29) is 6.03 Å². The van der Waals surface area contributed by atoms with E-state index in [1.807, 2.05) is 0 Å². The SMILES string of the molecule is COCCc1nc2cc(Cl)c3c(c2o1)C1(CCCCC1)NC(=O)N3. The van der Waals surface area contributed by atoms with Crippen LogP contribution in [0.25, 0.3) is 11.1 Å². The van der Waals surface area contributed by atoms with Crippen molar-refractivity contribution in [1.29, 1.82) is 0 Å². The number of oxazole rings is 1. The van der Waals surface area contributed by atoms with Crippen LogP contribution >= 0.6 is 11.6 Å². The van der Waals surface area contributed by atoms with Crippen molar-refractivity contribution in [3.8, 4) is 0 Å². The number of benzene rings is 1. The topological polar surface area (TPSA) is 76.4 Å². The summed E-state index contributed by atoms with van der Waals surface area (Å²) in [5.74, 6) is 0.624. The number of carbonyl (C=O) groups is 1. The van der Waals surface area contributed by atoms with Gasteiger partial charge in [-0.25, -0.2) is 9.78 Å². The van der Waals surface area contributed by atoms with Crippen LogP contribution in [-0.4, -0.2) is 24.7 Å². The molecule has 128 valence electrons. The first-order valence-corrected chi connectivity index (χ1v) is 8.71. The minimum atomic E-state index is -0.420. The van der Waals surface area contributed by atoms with Crippen LogP contribution in [0.4, 0.5) is 10.5 Å². The zero-order valence-corrected chi connectivity index (χ0v) is 14.3. The number of halogens is 1. The highest BCUT2D eigenvalue weighted by atomic mass is 35.5. The maximum atomic E-state index is 12.2. The van der Waals surface area contributed by atoms with Crippen LogP contribution < -0.4 is 10.6 Å². The van der Waals surface area contributed by atoms with Crippen molar-refractivity contribution in [1.82, 2.24) is 10.3 Å². The lowest BCUT2D eigenvalue weighted by Crippen LogP contribution is -2.52. The van der Waals surface area contributed by atoms with Gasteiger partial charge < -0.3 is 19.8 Å². The Morgan fingerprint density at radius 1 is 1.38 bits per heavy atom. The number of nitrogens with one attached hydrogen (secondary N) is 2. The van der Waals surface area contributed by atoms with Crippen molar-refractivity contribution in [2.24, 2.45) is 0 Å². The van der Waals surface area contributed by atoms with Gasteiger partial charge in [-0.05, 0) is 18.9 Å². The van der Waals surface area contributed by atoms with E-state index in [1.54, 1.807) is 13.2 Å². The van der Waals surface area contributed by atoms with E-state index < -0.39 is 5.54 Å². The van der Waals surface area contributed by atoms with Crippen LogP contribution in [0.1, 0.15) is 43.6 Å². The summed E-state index contributed by atoms with van der Waals surface area (Å²) in [7, 11) is 1.65. The lowest BCUT2D eigenvalue weighted by molar-refractivity contribution is 0.195. The fraction of sp³-hybridized carbons (Fsp3) is 0.529. The summed E-state index contributed by atoms with van der Waals surface area (Å²) in [6.45, 7) is 0.545. The lowest BCUT2D eigenvalue weighted by atomic mass is 9.74. The van der Waals surface area contributed by atoms with Crippen LogP contribution in [-0.2, 0) is 16.7 Å². The molecule has 0 bridgehead atoms. The zero-order valence-electron chi connectivity index (χ0n) is 13.6. The first-order valence-electron chi connectivity index (χ1n) is 8.33. The number of fused-ring (bicyclic) bond motifs is 4. The Labute approximate surface area is 144 Å². The third-order valence-electron chi connectivity index (χ3n) is 4.97. The summed E-state index contributed by atoms with van der Waals surface area (Å²) in [5, 5.41) is 6.49. The molecule has 24 heavy (non-hydrogen) atoms. The summed E-state index contributed by atoms with van der Waals surface area (Å²) >= 11 is 6.45. The van der Waals surface area contributed by atoms with Crippen LogP contribution in [0.15, 0.2) is 10.5 Å². The summed E-state index contributed by atoms with van der Waals surface area (Å²) in [6, 6.07) is 1.56. The van der Waals surface area contributed by atoms with E-state index in [4.69, 9.17) is 20.8 Å². The van der Waals surface area contributed by atoms with Gasteiger partial charge in [0.2, 0.25) is 0 Å². The normalized spacial score (nSPS) is 19.2. The quantitative estimate of drug-likeness (QED) is 0.879. The van der Waals surface area contributed by atoms with E-state index in [1.165, 1.54) is 6.42 Å². The molecule has 0 atom stereocenters. The maximum Gasteiger partial charge on any atom is 0.319 e. The number of hydrogen-bond acceptors (Lipinski definition) is 4. The number of nitrogens with zero attached hydrogens (tertiary/aromatic N) is 1. The predicted octanol–water partition coefficient (Wildman–Crippen LogP) is 3.96. The number of methoxy groups -OCH3 is 1. The molecule has 7 heteroatoms. The van der Waals surface area contributed by atoms with Crippen LogP contribution in [0, 0.1) is 0 Å². The number of aromatic nitrogens is 1. The minimum absolute atomic E-state index is 0.204. The van der Waals surface area contributed by atoms with Gasteiger partial charge in [-0.15, -0.1) is 0 Å². The molecule has 2 aromatic rings. The van der Waals surface area contributed by atoms with Crippen molar-refractivity contribution >= 4 is 34.4 Å². The van der Waals surface area contributed by atoms with E-state index >= 15 is 0 Å². The molecule has 2 heterocycles. The first-order chi connectivity index (χ1) is 11.6. The van der Waals surface area contributed by atoms with Gasteiger partial charge in [0.05, 0.1) is 22.9 Å². The molecule has 1 aromatic heterocycles. The Morgan fingerprint density at radius 3 is 2.92 bits per heavy atom. The Hall–Kier alpha value is -1.79. The highest BCUT2D eigenvalue weighted by Crippen LogP contribution is 2.48. The molecule has 1 fully saturated rings. The molecular weight excluding hydrogens is 330 g/mol. The molecule has 2 amide bonds. The van der Waals surface area contributed by atoms with Crippen molar-refractivity contribution in [2.45, 2.75) is 44.1 Å². The van der Waals surface area contributed by atoms with Gasteiger partial charge in [-0.1, -0.05) is 30.9 Å². The van der Waals surface area contributed by atoms with Gasteiger partial charge in [0.1, 0.15) is 5.52 Å². The van der Waals surface area contributed by atoms with Gasteiger partial charge in [0.15, 0.2) is 11.5 Å². The Bertz CT molecular complexity index is 796. The number of amides is 2. The zero-order chi connectivity index (χ0) is 16.7. The highest BCUT2D eigenvalue weighted by Gasteiger charge is 2.43. The standard InChI is InChI=1S/C17H20ClN3O3/c1-23-8-5-12-19-11-9-10(18)14-13(15(11)24-12)17(21-16(22)20-14)6-3-2-4-7-17/h9H,2-8H2,1H3,(H2,20,21,22). The van der Waals surface area contributed by atoms with Gasteiger partial charge in [-0.3, -0.25) is 0 Å². The summed E-state index contributed by atoms with van der Waals surface area (Å²) in [6.07, 6.45) is 5.69. The molecule has 0 radical (unpaired) electrons. The number of urea groups is 1. The van der Waals surface area contributed by atoms with Crippen molar-refractivity contribution < 1.29 is 13.9 Å². The molecule has 1 aliphatic heterocycles. The third kappa shape index (κ3) is 2.45. The fourth-order valence-electron chi connectivity index (χ4n) is 3.91. The summed E-state index contributed by atoms with van der Waals surface area (Å²) in [4.78, 5) is 16.7. The fourth-order valence-corrected chi connectivity index (χ4v) is 4.16. The van der Waals surface area contributed by atoms with Gasteiger partial charge in [0.25, 0.3) is 0 Å². The monoisotopic (exact) mass is 349 g/mol. The number of anilines is 1. The van der Waals surface area contributed by atoms with Gasteiger partial charge in [-0.2, -0.15) is 0 Å². The first kappa shape index (κ1) is 15.7. The van der Waals surface area contributed by atoms with Crippen molar-refractivity contribution in [3.05, 3.63) is 22.5 Å². The van der Waals surface area contributed by atoms with E-state index in [9.17, 15) is 4.79 Å². The second-order valence-corrected chi connectivity index (χ2v) is 6.94. The molecule has 2 N–H and O–H groups in total. The van der Waals surface area contributed by atoms with Crippen molar-refractivity contribution in [3.63, 3.8) is 0 Å². The van der Waals surface area contributed by atoms with Gasteiger partial charge in [0, 0.05) is 19.1 Å². The molecule has 1 aliphatic carbocycles. The number of carbonyl (C=O) groups excluding carboxylic acids is 1. The van der Waals surface area contributed by atoms with Crippen LogP contribution in [0.3, 0.4) is 0 Å². The third-order valence-corrected chi connectivity index (χ3v) is 5.27. The Morgan fingerprint density at radius 2 is 2.17 bits per heavy atom. The van der Waals surface area contributed by atoms with Crippen LogP contribution in [0.5, 0.6) is 0 Å². The van der Waals surface area contributed by atoms with E-state index in [0.717, 1.165) is 42.3 Å². The summed E-state index contributed by atoms with van der Waals surface area (Å²) in [5.41, 5.74) is 2.63. The molecule has 0 unspecified atom stereocenters. The minimum Gasteiger partial charge on any atom is -0.440 e. The highest BCUT2D eigenvalue weighted by molar-refractivity contribution is 6.35. The molecule has 1 aromatic carbocycles. The molecule has 4 rings (SSSR count). The largest absolute Gasteiger partial charge is 0.440 e. The smallest absolute Gasteiger partial charge is 0.319 e. The molecular formula is C17H20ClN3O3. The molecule has 1 spiro atoms. The Balaban J connectivity index is 1.91. The molecule has 1 saturated carbocycles. The predicted molar refractivity (Wildman–Crippen MR) is 91.5 cm³/mol. The van der Waals surface area contributed by atoms with Gasteiger partial charge >= 0.3 is 6.03 Å². The number of rotatable bonds is 3. The average molecular weight is 350 g/mol. The Kier molecular flexibility index (Phi) is 3.89. The van der Waals surface area contributed by atoms with Crippen LogP contribution in [0.2, 0.25) is 5.02 Å². The lowest BCUT2D eigenvalue weighted by Gasteiger charge is -2.42. The molecule has 2 aliphatic rings. The number of hydrogen-bond donors (Lipinski definition) is 2. The maximum absolute atomic E-state index is 12.2. The summed E-state index contributed by atoms with van der Waals surface area (Å²) < 4.78 is 11.2. The van der Waals surface area contributed by atoms with E-state index in [2.05, 4.69) is 15.6 Å². The second kappa shape index (κ2) is 5.93. The molecule has 6 nitrogen and oxygen atoms in total. The molecule has 0 saturated heterocycles. The second-order valence-electron chi connectivity index (χ2n) is 6.53.